The second-order valence-corrected chi connectivity index (χ2v) is 6.37. The fraction of sp³-hybridized carbons (Fsp3) is 0.688. The van der Waals surface area contributed by atoms with E-state index in [1.165, 1.54) is 20.9 Å². The summed E-state index contributed by atoms with van der Waals surface area (Å²) in [6.07, 6.45) is 1.85. The Balaban J connectivity index is 1.99. The van der Waals surface area contributed by atoms with Crippen molar-refractivity contribution in [2.75, 3.05) is 7.05 Å². The van der Waals surface area contributed by atoms with Gasteiger partial charge in [0, 0.05) is 7.05 Å². The van der Waals surface area contributed by atoms with E-state index in [2.05, 4.69) is 5.32 Å². The van der Waals surface area contributed by atoms with E-state index in [4.69, 9.17) is 4.74 Å². The Hall–Kier alpha value is -2.45. The molecule has 0 aromatic rings. The number of carbonyl (C=O) groups excluding carboxylic acids is 5. The molecule has 0 unspecified atom stereocenters. The van der Waals surface area contributed by atoms with Crippen LogP contribution in [-0.4, -0.2) is 53.8 Å². The van der Waals surface area contributed by atoms with Gasteiger partial charge >= 0.3 is 12.0 Å². The molecule has 2 N–H and O–H groups in total. The number of amides is 5. The molecule has 9 nitrogen and oxygen atoms in total. The number of likely N-dealkylation sites (tertiary alicyclic amines) is 1. The Morgan fingerprint density at radius 1 is 1.08 bits per heavy atom. The Morgan fingerprint density at radius 3 is 2.08 bits per heavy atom. The largest absolute Gasteiger partial charge is 0.451 e. The molecule has 25 heavy (non-hydrogen) atoms. The normalized spacial score (nSPS) is 25.0. The van der Waals surface area contributed by atoms with Crippen LogP contribution in [0.25, 0.3) is 0 Å². The van der Waals surface area contributed by atoms with Gasteiger partial charge in [0.05, 0.1) is 11.8 Å². The van der Waals surface area contributed by atoms with E-state index in [-0.39, 0.29) is 23.7 Å². The van der Waals surface area contributed by atoms with Gasteiger partial charge in [0.15, 0.2) is 6.10 Å². The Morgan fingerprint density at radius 2 is 1.60 bits per heavy atom. The first-order valence-electron chi connectivity index (χ1n) is 8.38. The maximum Gasteiger partial charge on any atom is 0.329 e. The summed E-state index contributed by atoms with van der Waals surface area (Å²) in [5, 5.41) is 4.19. The van der Waals surface area contributed by atoms with Crippen LogP contribution in [0, 0.1) is 11.8 Å². The number of imide groups is 2. The first-order chi connectivity index (χ1) is 11.8. The highest BCUT2D eigenvalue weighted by atomic mass is 16.5. The van der Waals surface area contributed by atoms with Crippen molar-refractivity contribution in [2.24, 2.45) is 11.8 Å². The standard InChI is InChI=1S/C16H23N3O6/c1-8(15(23)25-9(2)12(20)18-16(24)17-3)19-13(21)10-6-4-5-7-11(10)14(19)22/h8-11H,4-7H2,1-3H3,(H2,17,18,20,24)/t8-,9-,10-,11-/m0/s1. The van der Waals surface area contributed by atoms with Crippen LogP contribution in [0.3, 0.4) is 0 Å². The van der Waals surface area contributed by atoms with E-state index in [1.807, 2.05) is 5.32 Å². The van der Waals surface area contributed by atoms with Crippen molar-refractivity contribution in [3.8, 4) is 0 Å². The zero-order chi connectivity index (χ0) is 18.7. The smallest absolute Gasteiger partial charge is 0.329 e. The number of fused-ring (bicyclic) bond motifs is 1. The van der Waals surface area contributed by atoms with Crippen LogP contribution in [0.5, 0.6) is 0 Å². The van der Waals surface area contributed by atoms with Crippen molar-refractivity contribution in [1.82, 2.24) is 15.5 Å². The number of urea groups is 1. The molecule has 1 aliphatic carbocycles. The second kappa shape index (κ2) is 7.62. The van der Waals surface area contributed by atoms with Crippen LogP contribution in [-0.2, 0) is 23.9 Å². The molecule has 0 aromatic carbocycles. The van der Waals surface area contributed by atoms with E-state index < -0.39 is 30.1 Å². The number of nitrogens with one attached hydrogen (secondary N) is 2. The fourth-order valence-corrected chi connectivity index (χ4v) is 3.28. The van der Waals surface area contributed by atoms with Crippen LogP contribution in [0.4, 0.5) is 4.79 Å². The Labute approximate surface area is 145 Å². The molecular weight excluding hydrogens is 330 g/mol. The molecule has 0 radical (unpaired) electrons. The average molecular weight is 353 g/mol. The van der Waals surface area contributed by atoms with Gasteiger partial charge in [-0.15, -0.1) is 0 Å². The van der Waals surface area contributed by atoms with Crippen LogP contribution >= 0.6 is 0 Å². The lowest BCUT2D eigenvalue weighted by Gasteiger charge is -2.23. The average Bonchev–Trinajstić information content (AvgIpc) is 2.85. The number of rotatable bonds is 4. The SMILES string of the molecule is CNC(=O)NC(=O)[C@H](C)OC(=O)[C@H](C)N1C(=O)[C@H]2CCCC[C@@H]2C1=O. The van der Waals surface area contributed by atoms with Crippen molar-refractivity contribution in [3.05, 3.63) is 0 Å². The molecule has 5 amide bonds. The van der Waals surface area contributed by atoms with E-state index in [9.17, 15) is 24.0 Å². The van der Waals surface area contributed by atoms with Gasteiger partial charge in [-0.1, -0.05) is 12.8 Å². The lowest BCUT2D eigenvalue weighted by Crippen LogP contribution is -2.48. The van der Waals surface area contributed by atoms with Gasteiger partial charge in [-0.25, -0.2) is 9.59 Å². The molecule has 2 aliphatic rings. The van der Waals surface area contributed by atoms with E-state index in [0.29, 0.717) is 12.8 Å². The summed E-state index contributed by atoms with van der Waals surface area (Å²) < 4.78 is 5.00. The topological polar surface area (TPSA) is 122 Å². The molecule has 4 atom stereocenters. The molecule has 1 saturated heterocycles. The van der Waals surface area contributed by atoms with Gasteiger partial charge in [-0.3, -0.25) is 24.6 Å². The number of ether oxygens (including phenoxy) is 1. The summed E-state index contributed by atoms with van der Waals surface area (Å²) in [7, 11) is 1.34. The van der Waals surface area contributed by atoms with Gasteiger partial charge in [-0.05, 0) is 26.7 Å². The molecule has 138 valence electrons. The lowest BCUT2D eigenvalue weighted by atomic mass is 9.81. The number of esters is 1. The lowest BCUT2D eigenvalue weighted by molar-refractivity contribution is -0.163. The predicted molar refractivity (Wildman–Crippen MR) is 84.9 cm³/mol. The van der Waals surface area contributed by atoms with Crippen molar-refractivity contribution in [3.63, 3.8) is 0 Å². The van der Waals surface area contributed by atoms with Crippen molar-refractivity contribution < 1.29 is 28.7 Å². The maximum atomic E-state index is 12.5. The van der Waals surface area contributed by atoms with Gasteiger partial charge in [0.1, 0.15) is 6.04 Å². The first kappa shape index (κ1) is 18.9. The number of carbonyl (C=O) groups is 5. The van der Waals surface area contributed by atoms with Crippen molar-refractivity contribution in [1.29, 1.82) is 0 Å². The van der Waals surface area contributed by atoms with Crippen LogP contribution < -0.4 is 10.6 Å². The van der Waals surface area contributed by atoms with Crippen LogP contribution in [0.2, 0.25) is 0 Å². The van der Waals surface area contributed by atoms with Gasteiger partial charge < -0.3 is 10.1 Å². The highest BCUT2D eigenvalue weighted by molar-refractivity contribution is 6.08. The molecule has 0 aromatic heterocycles. The summed E-state index contributed by atoms with van der Waals surface area (Å²) in [6.45, 7) is 2.70. The van der Waals surface area contributed by atoms with Crippen LogP contribution in [0.15, 0.2) is 0 Å². The molecule has 1 saturated carbocycles. The fourth-order valence-electron chi connectivity index (χ4n) is 3.28. The van der Waals surface area contributed by atoms with Gasteiger partial charge in [0.2, 0.25) is 11.8 Å². The number of hydrogen-bond acceptors (Lipinski definition) is 6. The minimum Gasteiger partial charge on any atom is -0.451 e. The monoisotopic (exact) mass is 353 g/mol. The van der Waals surface area contributed by atoms with E-state index in [1.54, 1.807) is 0 Å². The minimum atomic E-state index is -1.23. The Bertz CT molecular complexity index is 581. The zero-order valence-corrected chi connectivity index (χ0v) is 14.5. The summed E-state index contributed by atoms with van der Waals surface area (Å²) in [6, 6.07) is -1.84. The number of nitrogens with zero attached hydrogens (tertiary/aromatic N) is 1. The third-order valence-electron chi connectivity index (χ3n) is 4.73. The minimum absolute atomic E-state index is 0.346. The molecule has 9 heteroatoms. The summed E-state index contributed by atoms with van der Waals surface area (Å²) >= 11 is 0. The van der Waals surface area contributed by atoms with Crippen LogP contribution in [0.1, 0.15) is 39.5 Å². The maximum absolute atomic E-state index is 12.5. The third kappa shape index (κ3) is 3.80. The highest BCUT2D eigenvalue weighted by Gasteiger charge is 2.51. The quantitative estimate of drug-likeness (QED) is 0.539. The summed E-state index contributed by atoms with van der Waals surface area (Å²) in [5.74, 6) is -3.06. The van der Waals surface area contributed by atoms with E-state index >= 15 is 0 Å². The molecule has 2 fully saturated rings. The molecular formula is C16H23N3O6. The third-order valence-corrected chi connectivity index (χ3v) is 4.73. The molecule has 0 spiro atoms. The molecule has 0 bridgehead atoms. The Kier molecular flexibility index (Phi) is 5.76. The van der Waals surface area contributed by atoms with Crippen molar-refractivity contribution in [2.45, 2.75) is 51.7 Å². The first-order valence-corrected chi connectivity index (χ1v) is 8.38. The van der Waals surface area contributed by atoms with Crippen molar-refractivity contribution >= 4 is 29.7 Å². The molecule has 1 aliphatic heterocycles. The highest BCUT2D eigenvalue weighted by Crippen LogP contribution is 2.38. The molecule has 1 heterocycles. The predicted octanol–water partition coefficient (Wildman–Crippen LogP) is -0.0626. The summed E-state index contributed by atoms with van der Waals surface area (Å²) in [5.41, 5.74) is 0. The van der Waals surface area contributed by atoms with Gasteiger partial charge in [0.25, 0.3) is 5.91 Å². The number of hydrogen-bond donors (Lipinski definition) is 2. The van der Waals surface area contributed by atoms with E-state index in [0.717, 1.165) is 17.7 Å². The molecule has 2 rings (SSSR count). The zero-order valence-electron chi connectivity index (χ0n) is 14.5. The second-order valence-electron chi connectivity index (χ2n) is 6.37. The summed E-state index contributed by atoms with van der Waals surface area (Å²) in [4.78, 5) is 61.0. The van der Waals surface area contributed by atoms with Gasteiger partial charge in [-0.2, -0.15) is 0 Å².